The van der Waals surface area contributed by atoms with Gasteiger partial charge in [0.25, 0.3) is 0 Å². The van der Waals surface area contributed by atoms with E-state index in [4.69, 9.17) is 17.3 Å². The van der Waals surface area contributed by atoms with Crippen molar-refractivity contribution in [2.24, 2.45) is 0 Å². The first-order chi connectivity index (χ1) is 9.29. The van der Waals surface area contributed by atoms with Crippen LogP contribution in [0.15, 0.2) is 36.4 Å². The van der Waals surface area contributed by atoms with Crippen molar-refractivity contribution in [3.63, 3.8) is 0 Å². The molecule has 3 N–H and O–H groups in total. The number of hydrogen-bond donors (Lipinski definition) is 2. The van der Waals surface area contributed by atoms with Crippen molar-refractivity contribution in [2.75, 3.05) is 11.1 Å². The van der Waals surface area contributed by atoms with Gasteiger partial charge in [0.2, 0.25) is 0 Å². The summed E-state index contributed by atoms with van der Waals surface area (Å²) in [5, 5.41) is 3.29. The molecular weight excluding hydrogens is 275 g/mol. The van der Waals surface area contributed by atoms with Gasteiger partial charge < -0.3 is 11.1 Å². The molecule has 0 fully saturated rings. The third-order valence-corrected chi connectivity index (χ3v) is 3.39. The molecular formula is C16H18ClFN2. The lowest BCUT2D eigenvalue weighted by Crippen LogP contribution is -2.13. The number of rotatable bonds is 2. The molecule has 2 aromatic carbocycles. The monoisotopic (exact) mass is 292 g/mol. The molecule has 2 rings (SSSR count). The molecule has 0 bridgehead atoms. The Labute approximate surface area is 123 Å². The van der Waals surface area contributed by atoms with Gasteiger partial charge in [-0.3, -0.25) is 0 Å². The molecule has 106 valence electrons. The van der Waals surface area contributed by atoms with E-state index in [-0.39, 0.29) is 10.4 Å². The molecule has 20 heavy (non-hydrogen) atoms. The lowest BCUT2D eigenvalue weighted by Gasteiger charge is -2.24. The Kier molecular flexibility index (Phi) is 3.91. The average Bonchev–Trinajstić information content (AvgIpc) is 2.35. The highest BCUT2D eigenvalue weighted by molar-refractivity contribution is 6.31. The van der Waals surface area contributed by atoms with Crippen LogP contribution in [0.5, 0.6) is 0 Å². The molecule has 2 nitrogen and oxygen atoms in total. The summed E-state index contributed by atoms with van der Waals surface area (Å²) in [5.74, 6) is -0.515. The first-order valence-corrected chi connectivity index (χ1v) is 6.78. The van der Waals surface area contributed by atoms with Crippen LogP contribution in [0.2, 0.25) is 5.02 Å². The van der Waals surface area contributed by atoms with Gasteiger partial charge in [0, 0.05) is 11.8 Å². The highest BCUT2D eigenvalue weighted by Gasteiger charge is 2.18. The summed E-state index contributed by atoms with van der Waals surface area (Å²) in [7, 11) is 0. The number of halogens is 2. The van der Waals surface area contributed by atoms with Crippen LogP contribution in [0.3, 0.4) is 0 Å². The maximum Gasteiger partial charge on any atom is 0.143 e. The van der Waals surface area contributed by atoms with Crippen molar-refractivity contribution >= 4 is 28.7 Å². The van der Waals surface area contributed by atoms with E-state index in [0.717, 1.165) is 11.3 Å². The fourth-order valence-corrected chi connectivity index (χ4v) is 2.23. The minimum Gasteiger partial charge on any atom is -0.397 e. The first kappa shape index (κ1) is 14.7. The molecule has 0 heterocycles. The summed E-state index contributed by atoms with van der Waals surface area (Å²) in [6, 6.07) is 10.7. The molecule has 0 atom stereocenters. The van der Waals surface area contributed by atoms with Crippen LogP contribution in [-0.4, -0.2) is 0 Å². The van der Waals surface area contributed by atoms with Crippen molar-refractivity contribution in [1.29, 1.82) is 0 Å². The molecule has 0 unspecified atom stereocenters. The maximum absolute atomic E-state index is 13.3. The van der Waals surface area contributed by atoms with Gasteiger partial charge in [-0.15, -0.1) is 0 Å². The van der Waals surface area contributed by atoms with Crippen LogP contribution >= 0.6 is 11.6 Å². The Balaban J connectivity index is 2.43. The largest absolute Gasteiger partial charge is 0.397 e. The van der Waals surface area contributed by atoms with Crippen LogP contribution in [0.25, 0.3) is 0 Å². The van der Waals surface area contributed by atoms with Gasteiger partial charge in [-0.1, -0.05) is 50.6 Å². The van der Waals surface area contributed by atoms with Crippen LogP contribution in [-0.2, 0) is 5.41 Å². The summed E-state index contributed by atoms with van der Waals surface area (Å²) in [5.41, 5.74) is 8.85. The minimum atomic E-state index is -0.515. The zero-order valence-corrected chi connectivity index (χ0v) is 12.6. The number of nitrogens with two attached hydrogens (primary N) is 1. The van der Waals surface area contributed by atoms with E-state index in [1.165, 1.54) is 12.1 Å². The van der Waals surface area contributed by atoms with E-state index in [1.54, 1.807) is 0 Å². The molecule has 2 aromatic rings. The summed E-state index contributed by atoms with van der Waals surface area (Å²) in [6.07, 6.45) is 0. The lowest BCUT2D eigenvalue weighted by molar-refractivity contribution is 0.592. The smallest absolute Gasteiger partial charge is 0.143 e. The third-order valence-electron chi connectivity index (χ3n) is 3.10. The third kappa shape index (κ3) is 3.05. The van der Waals surface area contributed by atoms with Crippen LogP contribution in [0.1, 0.15) is 26.3 Å². The average molecular weight is 293 g/mol. The van der Waals surface area contributed by atoms with E-state index in [2.05, 4.69) is 32.2 Å². The number of benzene rings is 2. The molecule has 0 aromatic heterocycles. The minimum absolute atomic E-state index is 0.0117. The summed E-state index contributed by atoms with van der Waals surface area (Å²) in [4.78, 5) is 0. The molecule has 0 saturated carbocycles. The van der Waals surface area contributed by atoms with Crippen molar-refractivity contribution in [3.8, 4) is 0 Å². The number of nitrogen functional groups attached to an aromatic ring is 1. The Morgan fingerprint density at radius 2 is 1.75 bits per heavy atom. The van der Waals surface area contributed by atoms with E-state index in [0.29, 0.717) is 11.4 Å². The van der Waals surface area contributed by atoms with Crippen molar-refractivity contribution < 1.29 is 4.39 Å². The quantitative estimate of drug-likeness (QED) is 0.756. The second-order valence-corrected chi connectivity index (χ2v) is 6.18. The molecule has 0 spiro atoms. The highest BCUT2D eigenvalue weighted by Crippen LogP contribution is 2.34. The number of nitrogens with one attached hydrogen (secondary N) is 1. The summed E-state index contributed by atoms with van der Waals surface area (Å²) in [6.45, 7) is 6.40. The Morgan fingerprint density at radius 3 is 2.40 bits per heavy atom. The van der Waals surface area contributed by atoms with Gasteiger partial charge in [-0.25, -0.2) is 4.39 Å². The van der Waals surface area contributed by atoms with Gasteiger partial charge >= 0.3 is 0 Å². The van der Waals surface area contributed by atoms with Crippen LogP contribution in [0, 0.1) is 5.82 Å². The summed E-state index contributed by atoms with van der Waals surface area (Å²) >= 11 is 5.81. The zero-order valence-electron chi connectivity index (χ0n) is 11.8. The second kappa shape index (κ2) is 5.33. The van der Waals surface area contributed by atoms with Crippen molar-refractivity contribution in [2.45, 2.75) is 26.2 Å². The predicted octanol–water partition coefficient (Wildman–Crippen LogP) is 5.10. The van der Waals surface area contributed by atoms with E-state index in [9.17, 15) is 4.39 Å². The zero-order chi connectivity index (χ0) is 14.9. The van der Waals surface area contributed by atoms with Crippen LogP contribution < -0.4 is 11.1 Å². The molecule has 0 aliphatic heterocycles. The molecule has 0 aliphatic rings. The van der Waals surface area contributed by atoms with Gasteiger partial charge in [0.1, 0.15) is 5.82 Å². The predicted molar refractivity (Wildman–Crippen MR) is 84.2 cm³/mol. The molecule has 0 radical (unpaired) electrons. The van der Waals surface area contributed by atoms with Crippen molar-refractivity contribution in [3.05, 3.63) is 52.8 Å². The SMILES string of the molecule is CC(C)(C)c1ccccc1Nc1cc(Cl)c(F)cc1N. The van der Waals surface area contributed by atoms with Gasteiger partial charge in [0.15, 0.2) is 0 Å². The highest BCUT2D eigenvalue weighted by atomic mass is 35.5. The maximum atomic E-state index is 13.3. The van der Waals surface area contributed by atoms with E-state index >= 15 is 0 Å². The Hall–Kier alpha value is -1.74. The fraction of sp³-hybridized carbons (Fsp3) is 0.250. The second-order valence-electron chi connectivity index (χ2n) is 5.77. The molecule has 0 saturated heterocycles. The fourth-order valence-electron chi connectivity index (χ4n) is 2.06. The van der Waals surface area contributed by atoms with E-state index < -0.39 is 5.82 Å². The number of hydrogen-bond acceptors (Lipinski definition) is 2. The Morgan fingerprint density at radius 1 is 1.10 bits per heavy atom. The first-order valence-electron chi connectivity index (χ1n) is 6.40. The van der Waals surface area contributed by atoms with Crippen LogP contribution in [0.4, 0.5) is 21.5 Å². The summed E-state index contributed by atoms with van der Waals surface area (Å²) < 4.78 is 13.3. The van der Waals surface area contributed by atoms with E-state index in [1.807, 2.05) is 18.2 Å². The van der Waals surface area contributed by atoms with Crippen molar-refractivity contribution in [1.82, 2.24) is 0 Å². The number of anilines is 3. The Bertz CT molecular complexity index is 633. The normalized spacial score (nSPS) is 11.4. The standard InChI is InChI=1S/C16H18ClFN2/c1-16(2,3)10-6-4-5-7-14(10)20-15-8-11(17)12(18)9-13(15)19/h4-9,20H,19H2,1-3H3. The molecule has 0 amide bonds. The molecule has 4 heteroatoms. The number of para-hydroxylation sites is 1. The topological polar surface area (TPSA) is 38.0 Å². The van der Waals surface area contributed by atoms with Gasteiger partial charge in [-0.2, -0.15) is 0 Å². The molecule has 0 aliphatic carbocycles. The van der Waals surface area contributed by atoms with Gasteiger partial charge in [-0.05, 0) is 23.1 Å². The van der Waals surface area contributed by atoms with Gasteiger partial charge in [0.05, 0.1) is 16.4 Å². The lowest BCUT2D eigenvalue weighted by atomic mass is 9.86.